The van der Waals surface area contributed by atoms with E-state index in [1.165, 1.54) is 0 Å². The lowest BCUT2D eigenvalue weighted by Crippen LogP contribution is -2.43. The standard InChI is InChI=1S/C23H26N2O4S/c1-17(21-10-4-7-18-6-2-3-9-22(18)21)24-23(26)15-25(14-20-8-5-12-29-20)19-11-13-30(27,28)16-19/h2-10,12,17,19H,11,13-16H2,1H3,(H,24,26). The molecule has 0 aliphatic carbocycles. The van der Waals surface area contributed by atoms with Crippen LogP contribution in [-0.4, -0.2) is 43.3 Å². The van der Waals surface area contributed by atoms with E-state index in [1.807, 2.05) is 42.2 Å². The number of fused-ring (bicyclic) bond motifs is 1. The van der Waals surface area contributed by atoms with Crippen LogP contribution in [0.4, 0.5) is 0 Å². The Morgan fingerprint density at radius 2 is 1.97 bits per heavy atom. The van der Waals surface area contributed by atoms with E-state index in [1.54, 1.807) is 12.3 Å². The second kappa shape index (κ2) is 8.62. The molecular formula is C23H26N2O4S. The fourth-order valence-electron chi connectivity index (χ4n) is 4.16. The number of furan rings is 1. The monoisotopic (exact) mass is 426 g/mol. The van der Waals surface area contributed by atoms with Gasteiger partial charge in [0.1, 0.15) is 5.76 Å². The van der Waals surface area contributed by atoms with E-state index >= 15 is 0 Å². The van der Waals surface area contributed by atoms with E-state index in [2.05, 4.69) is 23.5 Å². The molecule has 0 saturated carbocycles. The van der Waals surface area contributed by atoms with Crippen molar-refractivity contribution >= 4 is 26.5 Å². The summed E-state index contributed by atoms with van der Waals surface area (Å²) in [5, 5.41) is 5.33. The van der Waals surface area contributed by atoms with E-state index in [0.717, 1.165) is 16.3 Å². The topological polar surface area (TPSA) is 79.6 Å². The lowest BCUT2D eigenvalue weighted by molar-refractivity contribution is -0.123. The van der Waals surface area contributed by atoms with Gasteiger partial charge in [-0.3, -0.25) is 9.69 Å². The second-order valence-corrected chi connectivity index (χ2v) is 10.1. The molecule has 1 amide bonds. The summed E-state index contributed by atoms with van der Waals surface area (Å²) in [6.07, 6.45) is 2.12. The molecule has 6 nitrogen and oxygen atoms in total. The highest BCUT2D eigenvalue weighted by Gasteiger charge is 2.33. The van der Waals surface area contributed by atoms with Gasteiger partial charge in [0.25, 0.3) is 0 Å². The number of hydrogen-bond donors (Lipinski definition) is 1. The average molecular weight is 427 g/mol. The van der Waals surface area contributed by atoms with E-state index in [-0.39, 0.29) is 36.0 Å². The van der Waals surface area contributed by atoms with Crippen LogP contribution in [0.3, 0.4) is 0 Å². The number of benzene rings is 2. The molecule has 1 saturated heterocycles. The van der Waals surface area contributed by atoms with Gasteiger partial charge in [-0.2, -0.15) is 0 Å². The molecule has 2 heterocycles. The Kier molecular flexibility index (Phi) is 5.92. The van der Waals surface area contributed by atoms with Crippen LogP contribution in [0.5, 0.6) is 0 Å². The minimum absolute atomic E-state index is 0.0832. The maximum absolute atomic E-state index is 12.9. The van der Waals surface area contributed by atoms with Crippen molar-refractivity contribution in [3.63, 3.8) is 0 Å². The van der Waals surface area contributed by atoms with Gasteiger partial charge >= 0.3 is 0 Å². The van der Waals surface area contributed by atoms with Gasteiger partial charge in [-0.15, -0.1) is 0 Å². The maximum Gasteiger partial charge on any atom is 0.234 e. The zero-order valence-corrected chi connectivity index (χ0v) is 17.8. The third kappa shape index (κ3) is 4.74. The molecule has 1 aromatic heterocycles. The van der Waals surface area contributed by atoms with Crippen LogP contribution < -0.4 is 5.32 Å². The molecule has 0 radical (unpaired) electrons. The zero-order valence-electron chi connectivity index (χ0n) is 17.0. The molecule has 2 aromatic carbocycles. The fourth-order valence-corrected chi connectivity index (χ4v) is 5.92. The van der Waals surface area contributed by atoms with Crippen molar-refractivity contribution in [3.8, 4) is 0 Å². The number of amides is 1. The van der Waals surface area contributed by atoms with Crippen molar-refractivity contribution in [2.45, 2.75) is 32.0 Å². The first-order chi connectivity index (χ1) is 14.4. The number of hydrogen-bond acceptors (Lipinski definition) is 5. The molecule has 3 aromatic rings. The molecule has 0 spiro atoms. The van der Waals surface area contributed by atoms with Gasteiger partial charge in [0.2, 0.25) is 5.91 Å². The smallest absolute Gasteiger partial charge is 0.234 e. The lowest BCUT2D eigenvalue weighted by atomic mass is 10.00. The van der Waals surface area contributed by atoms with E-state index in [9.17, 15) is 13.2 Å². The van der Waals surface area contributed by atoms with Gasteiger partial charge in [0, 0.05) is 6.04 Å². The third-order valence-corrected chi connectivity index (χ3v) is 7.43. The first-order valence-electron chi connectivity index (χ1n) is 10.2. The molecule has 1 N–H and O–H groups in total. The summed E-state index contributed by atoms with van der Waals surface area (Å²) in [6, 6.07) is 17.5. The van der Waals surface area contributed by atoms with E-state index in [0.29, 0.717) is 18.7 Å². The van der Waals surface area contributed by atoms with Crippen LogP contribution in [-0.2, 0) is 21.2 Å². The van der Waals surface area contributed by atoms with Gasteiger partial charge in [0.15, 0.2) is 9.84 Å². The first-order valence-corrected chi connectivity index (χ1v) is 12.0. The molecule has 1 fully saturated rings. The Hall–Kier alpha value is -2.64. The molecule has 0 bridgehead atoms. The summed E-state index contributed by atoms with van der Waals surface area (Å²) in [5.41, 5.74) is 1.06. The number of carbonyl (C=O) groups excluding carboxylic acids is 1. The first kappa shape index (κ1) is 20.6. The zero-order chi connectivity index (χ0) is 21.1. The van der Waals surface area contributed by atoms with Crippen LogP contribution in [0.2, 0.25) is 0 Å². The van der Waals surface area contributed by atoms with Crippen LogP contribution >= 0.6 is 0 Å². The Morgan fingerprint density at radius 1 is 1.17 bits per heavy atom. The number of nitrogens with zero attached hydrogens (tertiary/aromatic N) is 1. The minimum atomic E-state index is -3.05. The Labute approximate surface area is 176 Å². The lowest BCUT2D eigenvalue weighted by Gasteiger charge is -2.27. The SMILES string of the molecule is CC(NC(=O)CN(Cc1ccco1)C1CCS(=O)(=O)C1)c1cccc2ccccc12. The highest BCUT2D eigenvalue weighted by Crippen LogP contribution is 2.24. The Morgan fingerprint density at radius 3 is 2.70 bits per heavy atom. The number of carbonyl (C=O) groups is 1. The Balaban J connectivity index is 1.48. The quantitative estimate of drug-likeness (QED) is 0.627. The van der Waals surface area contributed by atoms with Crippen LogP contribution in [0.25, 0.3) is 10.8 Å². The summed E-state index contributed by atoms with van der Waals surface area (Å²) in [4.78, 5) is 14.8. The highest BCUT2D eigenvalue weighted by atomic mass is 32.2. The molecule has 1 aliphatic rings. The molecule has 2 unspecified atom stereocenters. The molecule has 1 aliphatic heterocycles. The van der Waals surface area contributed by atoms with Crippen molar-refractivity contribution in [1.29, 1.82) is 0 Å². The van der Waals surface area contributed by atoms with Gasteiger partial charge in [-0.05, 0) is 41.8 Å². The van der Waals surface area contributed by atoms with Crippen molar-refractivity contribution < 1.29 is 17.6 Å². The predicted molar refractivity (Wildman–Crippen MR) is 117 cm³/mol. The maximum atomic E-state index is 12.9. The van der Waals surface area contributed by atoms with Gasteiger partial charge in [-0.25, -0.2) is 8.42 Å². The molecule has 2 atom stereocenters. The van der Waals surface area contributed by atoms with Crippen molar-refractivity contribution in [3.05, 3.63) is 72.2 Å². The second-order valence-electron chi connectivity index (χ2n) is 7.90. The summed E-state index contributed by atoms with van der Waals surface area (Å²) >= 11 is 0. The summed E-state index contributed by atoms with van der Waals surface area (Å²) < 4.78 is 29.4. The Bertz CT molecular complexity index is 1120. The third-order valence-electron chi connectivity index (χ3n) is 5.68. The van der Waals surface area contributed by atoms with Crippen LogP contribution in [0, 0.1) is 0 Å². The van der Waals surface area contributed by atoms with Crippen LogP contribution in [0.15, 0.2) is 65.3 Å². The number of sulfone groups is 1. The molecule has 4 rings (SSSR count). The predicted octanol–water partition coefficient (Wildman–Crippen LogP) is 3.30. The van der Waals surface area contributed by atoms with Gasteiger partial charge in [0.05, 0.1) is 36.9 Å². The minimum Gasteiger partial charge on any atom is -0.468 e. The summed E-state index contributed by atoms with van der Waals surface area (Å²) in [6.45, 7) is 2.50. The van der Waals surface area contributed by atoms with Crippen molar-refractivity contribution in [2.75, 3.05) is 18.1 Å². The molecule has 158 valence electrons. The molecule has 7 heteroatoms. The normalized spacial score (nSPS) is 19.2. The highest BCUT2D eigenvalue weighted by molar-refractivity contribution is 7.91. The average Bonchev–Trinajstić information content (AvgIpc) is 3.36. The number of rotatable bonds is 7. The van der Waals surface area contributed by atoms with E-state index < -0.39 is 9.84 Å². The summed E-state index contributed by atoms with van der Waals surface area (Å²) in [5.74, 6) is 0.834. The van der Waals surface area contributed by atoms with E-state index in [4.69, 9.17) is 4.42 Å². The van der Waals surface area contributed by atoms with Gasteiger partial charge < -0.3 is 9.73 Å². The fraction of sp³-hybridized carbons (Fsp3) is 0.348. The molecule has 30 heavy (non-hydrogen) atoms. The van der Waals surface area contributed by atoms with Crippen LogP contribution in [0.1, 0.15) is 30.7 Å². The van der Waals surface area contributed by atoms with Crippen molar-refractivity contribution in [1.82, 2.24) is 10.2 Å². The number of nitrogens with one attached hydrogen (secondary N) is 1. The molecular weight excluding hydrogens is 400 g/mol. The van der Waals surface area contributed by atoms with Crippen molar-refractivity contribution in [2.24, 2.45) is 0 Å². The van der Waals surface area contributed by atoms with Gasteiger partial charge in [-0.1, -0.05) is 42.5 Å². The summed E-state index contributed by atoms with van der Waals surface area (Å²) in [7, 11) is -3.05. The largest absolute Gasteiger partial charge is 0.468 e.